The first-order valence-electron chi connectivity index (χ1n) is 5.56. The number of phenols is 1. The van der Waals surface area contributed by atoms with Gasteiger partial charge in [-0.25, -0.2) is 4.79 Å². The molecule has 1 saturated heterocycles. The molecule has 1 aliphatic heterocycles. The van der Waals surface area contributed by atoms with Gasteiger partial charge in [-0.15, -0.1) is 0 Å². The fraction of sp³-hybridized carbons (Fsp3) is 0.333. The molecule has 1 atom stereocenters. The van der Waals surface area contributed by atoms with E-state index < -0.39 is 12.1 Å². The average Bonchev–Trinajstić information content (AvgIpc) is 2.85. The number of carbonyl (C=O) groups excluding carboxylic acids is 1. The predicted octanol–water partition coefficient (Wildman–Crippen LogP) is 1.21. The zero-order chi connectivity index (χ0) is 13.1. The Morgan fingerprint density at radius 3 is 2.78 bits per heavy atom. The Bertz CT molecular complexity index is 479. The number of hydrogen-bond donors (Lipinski definition) is 3. The van der Waals surface area contributed by atoms with Gasteiger partial charge in [0, 0.05) is 12.3 Å². The van der Waals surface area contributed by atoms with Gasteiger partial charge in [-0.2, -0.15) is 0 Å². The first-order chi connectivity index (χ1) is 8.58. The summed E-state index contributed by atoms with van der Waals surface area (Å²) >= 11 is 0. The maximum atomic E-state index is 11.7. The summed E-state index contributed by atoms with van der Waals surface area (Å²) in [6.07, 6.45) is 1.02. The van der Waals surface area contributed by atoms with Crippen molar-refractivity contribution in [2.75, 3.05) is 11.9 Å². The zero-order valence-electron chi connectivity index (χ0n) is 9.55. The molecule has 0 radical (unpaired) electrons. The second-order valence-corrected chi connectivity index (χ2v) is 4.03. The van der Waals surface area contributed by atoms with Gasteiger partial charge in [0.05, 0.1) is 0 Å². The number of anilines is 1. The minimum Gasteiger partial charge on any atom is -0.507 e. The fourth-order valence-electron chi connectivity index (χ4n) is 1.79. The number of nitrogens with one attached hydrogen (secondary N) is 1. The number of hydrogen-bond acceptors (Lipinski definition) is 4. The van der Waals surface area contributed by atoms with Crippen molar-refractivity contribution in [2.45, 2.75) is 18.9 Å². The number of ether oxygens (including phenoxy) is 1. The van der Waals surface area contributed by atoms with Gasteiger partial charge in [-0.05, 0) is 31.0 Å². The molecule has 0 bridgehead atoms. The van der Waals surface area contributed by atoms with Gasteiger partial charge in [-0.3, -0.25) is 4.79 Å². The highest BCUT2D eigenvalue weighted by Crippen LogP contribution is 2.22. The van der Waals surface area contributed by atoms with Crippen LogP contribution in [0.1, 0.15) is 23.2 Å². The van der Waals surface area contributed by atoms with E-state index in [0.717, 1.165) is 6.42 Å². The van der Waals surface area contributed by atoms with Gasteiger partial charge in [0.25, 0.3) is 5.91 Å². The molecule has 18 heavy (non-hydrogen) atoms. The maximum absolute atomic E-state index is 11.7. The number of aromatic carboxylic acids is 1. The highest BCUT2D eigenvalue weighted by molar-refractivity contribution is 5.97. The summed E-state index contributed by atoms with van der Waals surface area (Å²) in [6, 6.07) is 3.88. The van der Waals surface area contributed by atoms with Crippen LogP contribution in [0.5, 0.6) is 5.75 Å². The summed E-state index contributed by atoms with van der Waals surface area (Å²) in [5, 5.41) is 20.7. The first-order valence-corrected chi connectivity index (χ1v) is 5.56. The van der Waals surface area contributed by atoms with Crippen molar-refractivity contribution in [1.29, 1.82) is 0 Å². The van der Waals surface area contributed by atoms with Crippen LogP contribution in [0.2, 0.25) is 0 Å². The molecule has 1 unspecified atom stereocenters. The van der Waals surface area contributed by atoms with E-state index in [2.05, 4.69) is 5.32 Å². The van der Waals surface area contributed by atoms with Gasteiger partial charge >= 0.3 is 5.97 Å². The molecule has 0 spiro atoms. The number of carbonyl (C=O) groups is 2. The van der Waals surface area contributed by atoms with Crippen molar-refractivity contribution in [2.24, 2.45) is 0 Å². The van der Waals surface area contributed by atoms with E-state index in [1.165, 1.54) is 18.2 Å². The van der Waals surface area contributed by atoms with E-state index in [4.69, 9.17) is 9.84 Å². The smallest absolute Gasteiger partial charge is 0.339 e. The van der Waals surface area contributed by atoms with E-state index in [9.17, 15) is 14.7 Å². The topological polar surface area (TPSA) is 95.9 Å². The molecule has 1 aromatic carbocycles. The molecule has 1 aliphatic rings. The molecule has 0 aliphatic carbocycles. The standard InChI is InChI=1S/C12H13NO5/c14-9-4-3-7(6-8(9)12(16)17)13-11(15)10-2-1-5-18-10/h3-4,6,10,14H,1-2,5H2,(H,13,15)(H,16,17). The van der Waals surface area contributed by atoms with Crippen molar-refractivity contribution < 1.29 is 24.5 Å². The highest BCUT2D eigenvalue weighted by atomic mass is 16.5. The van der Waals surface area contributed by atoms with Crippen LogP contribution in [-0.2, 0) is 9.53 Å². The molecule has 2 rings (SSSR count). The normalized spacial score (nSPS) is 18.6. The minimum atomic E-state index is -1.25. The van der Waals surface area contributed by atoms with Gasteiger partial charge in [0.15, 0.2) is 0 Å². The van der Waals surface area contributed by atoms with E-state index in [1.807, 2.05) is 0 Å². The van der Waals surface area contributed by atoms with Crippen molar-refractivity contribution in [1.82, 2.24) is 0 Å². The Balaban J connectivity index is 2.11. The lowest BCUT2D eigenvalue weighted by atomic mass is 10.1. The molecule has 1 amide bonds. The molecular formula is C12H13NO5. The Labute approximate surface area is 103 Å². The van der Waals surface area contributed by atoms with Crippen molar-refractivity contribution in [3.8, 4) is 5.75 Å². The van der Waals surface area contributed by atoms with Gasteiger partial charge in [-0.1, -0.05) is 0 Å². The van der Waals surface area contributed by atoms with Crippen LogP contribution in [0.15, 0.2) is 18.2 Å². The maximum Gasteiger partial charge on any atom is 0.339 e. The monoisotopic (exact) mass is 251 g/mol. The van der Waals surface area contributed by atoms with Crippen LogP contribution in [0.4, 0.5) is 5.69 Å². The summed E-state index contributed by atoms with van der Waals surface area (Å²) in [5.41, 5.74) is 0.0749. The summed E-state index contributed by atoms with van der Waals surface area (Å²) in [6.45, 7) is 0.564. The second kappa shape index (κ2) is 5.05. The third-order valence-electron chi connectivity index (χ3n) is 2.72. The van der Waals surface area contributed by atoms with Crippen molar-refractivity contribution in [3.63, 3.8) is 0 Å². The van der Waals surface area contributed by atoms with E-state index in [1.54, 1.807) is 0 Å². The predicted molar refractivity (Wildman–Crippen MR) is 62.7 cm³/mol. The number of carboxylic acids is 1. The van der Waals surface area contributed by atoms with Crippen LogP contribution in [0.3, 0.4) is 0 Å². The SMILES string of the molecule is O=C(O)c1cc(NC(=O)C2CCCO2)ccc1O. The summed E-state index contributed by atoms with van der Waals surface area (Å²) < 4.78 is 5.21. The van der Waals surface area contributed by atoms with Crippen LogP contribution in [-0.4, -0.2) is 34.8 Å². The number of carboxylic acid groups (broad SMARTS) is 1. The number of aromatic hydroxyl groups is 1. The minimum absolute atomic E-state index is 0.250. The molecule has 0 aromatic heterocycles. The Morgan fingerprint density at radius 2 is 2.17 bits per heavy atom. The third kappa shape index (κ3) is 2.60. The van der Waals surface area contributed by atoms with E-state index >= 15 is 0 Å². The molecule has 3 N–H and O–H groups in total. The molecule has 6 heteroatoms. The van der Waals surface area contributed by atoms with E-state index in [-0.39, 0.29) is 17.2 Å². The fourth-order valence-corrected chi connectivity index (χ4v) is 1.79. The summed E-state index contributed by atoms with van der Waals surface area (Å²) in [4.78, 5) is 22.6. The molecule has 1 aromatic rings. The second-order valence-electron chi connectivity index (χ2n) is 4.03. The number of benzene rings is 1. The van der Waals surface area contributed by atoms with E-state index in [0.29, 0.717) is 18.7 Å². The number of amides is 1. The zero-order valence-corrected chi connectivity index (χ0v) is 9.55. The first kappa shape index (κ1) is 12.4. The van der Waals surface area contributed by atoms with Gasteiger partial charge in [0.1, 0.15) is 17.4 Å². The lowest BCUT2D eigenvalue weighted by Gasteiger charge is -2.11. The third-order valence-corrected chi connectivity index (χ3v) is 2.72. The van der Waals surface area contributed by atoms with Gasteiger partial charge < -0.3 is 20.3 Å². The highest BCUT2D eigenvalue weighted by Gasteiger charge is 2.23. The van der Waals surface area contributed by atoms with Crippen LogP contribution in [0.25, 0.3) is 0 Å². The Kier molecular flexibility index (Phi) is 3.47. The molecule has 1 heterocycles. The van der Waals surface area contributed by atoms with Crippen LogP contribution < -0.4 is 5.32 Å². The van der Waals surface area contributed by atoms with Gasteiger partial charge in [0.2, 0.25) is 0 Å². The lowest BCUT2D eigenvalue weighted by Crippen LogP contribution is -2.26. The average molecular weight is 251 g/mol. The Hall–Kier alpha value is -2.08. The molecule has 6 nitrogen and oxygen atoms in total. The lowest BCUT2D eigenvalue weighted by molar-refractivity contribution is -0.124. The molecule has 0 saturated carbocycles. The van der Waals surface area contributed by atoms with Crippen LogP contribution in [0, 0.1) is 0 Å². The molecular weight excluding hydrogens is 238 g/mol. The molecule has 1 fully saturated rings. The number of rotatable bonds is 3. The summed E-state index contributed by atoms with van der Waals surface area (Å²) in [5.74, 6) is -1.88. The largest absolute Gasteiger partial charge is 0.507 e. The Morgan fingerprint density at radius 1 is 1.39 bits per heavy atom. The van der Waals surface area contributed by atoms with Crippen molar-refractivity contribution >= 4 is 17.6 Å². The summed E-state index contributed by atoms with van der Waals surface area (Å²) in [7, 11) is 0. The molecule has 96 valence electrons. The quantitative estimate of drug-likeness (QED) is 0.702. The van der Waals surface area contributed by atoms with Crippen molar-refractivity contribution in [3.05, 3.63) is 23.8 Å². The van der Waals surface area contributed by atoms with Crippen LogP contribution >= 0.6 is 0 Å².